The minimum atomic E-state index is -0.325. The fourth-order valence-electron chi connectivity index (χ4n) is 4.33. The lowest BCUT2D eigenvalue weighted by Crippen LogP contribution is -2.20. The highest BCUT2D eigenvalue weighted by atomic mass is 35.5. The molecule has 4 aromatic heterocycles. The first kappa shape index (κ1) is 17.8. The van der Waals surface area contributed by atoms with Crippen molar-refractivity contribution < 1.29 is 4.79 Å². The van der Waals surface area contributed by atoms with Gasteiger partial charge in [-0.3, -0.25) is 4.79 Å². The third kappa shape index (κ3) is 2.62. The van der Waals surface area contributed by atoms with Gasteiger partial charge >= 0.3 is 0 Å². The van der Waals surface area contributed by atoms with E-state index in [0.29, 0.717) is 27.3 Å². The Bertz CT molecular complexity index is 1310. The third-order valence-electron chi connectivity index (χ3n) is 5.82. The van der Waals surface area contributed by atoms with Crippen molar-refractivity contribution in [2.45, 2.75) is 30.6 Å². The average Bonchev–Trinajstić information content (AvgIpc) is 3.06. The van der Waals surface area contributed by atoms with Crippen molar-refractivity contribution in [3.63, 3.8) is 0 Å². The number of anilines is 1. The molecule has 6 rings (SSSR count). The van der Waals surface area contributed by atoms with E-state index in [1.807, 2.05) is 0 Å². The van der Waals surface area contributed by atoms with Gasteiger partial charge in [-0.2, -0.15) is 15.3 Å². The van der Waals surface area contributed by atoms with Crippen LogP contribution in [0.5, 0.6) is 0 Å². The number of amides is 1. The second-order valence-corrected chi connectivity index (χ2v) is 8.47. The zero-order valence-electron chi connectivity index (χ0n) is 15.5. The smallest absolute Gasteiger partial charge is 0.232 e. The van der Waals surface area contributed by atoms with Crippen molar-refractivity contribution >= 4 is 40.4 Å². The summed E-state index contributed by atoms with van der Waals surface area (Å²) < 4.78 is 1.79. The van der Waals surface area contributed by atoms with E-state index in [0.717, 1.165) is 30.5 Å². The van der Waals surface area contributed by atoms with Crippen LogP contribution in [0, 0.1) is 0 Å². The second kappa shape index (κ2) is 6.23. The number of carbonyl (C=O) groups is 1. The van der Waals surface area contributed by atoms with Crippen LogP contribution >= 0.6 is 23.2 Å². The van der Waals surface area contributed by atoms with Gasteiger partial charge in [-0.05, 0) is 25.3 Å². The lowest BCUT2D eigenvalue weighted by Gasteiger charge is -2.13. The first-order valence-corrected chi connectivity index (χ1v) is 10.2. The highest BCUT2D eigenvalue weighted by Gasteiger charge is 2.56. The Morgan fingerprint density at radius 3 is 2.67 bits per heavy atom. The molecule has 11 heteroatoms. The third-order valence-corrected chi connectivity index (χ3v) is 6.28. The Balaban J connectivity index is 1.32. The van der Waals surface area contributed by atoms with Gasteiger partial charge in [0, 0.05) is 23.2 Å². The van der Waals surface area contributed by atoms with Gasteiger partial charge in [0.25, 0.3) is 0 Å². The monoisotopic (exact) mass is 440 g/mol. The summed E-state index contributed by atoms with van der Waals surface area (Å²) in [4.78, 5) is 23.2. The number of hydrogen-bond donors (Lipinski definition) is 1. The van der Waals surface area contributed by atoms with Crippen LogP contribution in [0.25, 0.3) is 11.5 Å². The molecule has 9 nitrogen and oxygen atoms in total. The molecule has 1 saturated carbocycles. The van der Waals surface area contributed by atoms with Crippen molar-refractivity contribution in [2.75, 3.05) is 5.32 Å². The van der Waals surface area contributed by atoms with Crippen molar-refractivity contribution in [2.24, 2.45) is 0 Å². The fourth-order valence-corrected chi connectivity index (χ4v) is 4.74. The van der Waals surface area contributed by atoms with Crippen molar-refractivity contribution in [3.8, 4) is 5.82 Å². The molecule has 1 atom stereocenters. The molecule has 0 aliphatic heterocycles. The number of carbonyl (C=O) groups excluding carboxylic acids is 1. The van der Waals surface area contributed by atoms with E-state index < -0.39 is 0 Å². The molecule has 30 heavy (non-hydrogen) atoms. The summed E-state index contributed by atoms with van der Waals surface area (Å²) in [5.74, 6) is -0.0548. The predicted octanol–water partition coefficient (Wildman–Crippen LogP) is 3.17. The van der Waals surface area contributed by atoms with Crippen LogP contribution in [-0.2, 0) is 10.2 Å². The molecule has 0 radical (unpaired) electrons. The van der Waals surface area contributed by atoms with Crippen LogP contribution in [-0.4, -0.2) is 40.5 Å². The maximum Gasteiger partial charge on any atom is 0.232 e. The molecule has 150 valence electrons. The van der Waals surface area contributed by atoms with Crippen molar-refractivity contribution in [3.05, 3.63) is 58.4 Å². The normalized spacial score (nSPS) is 18.7. The second-order valence-electron chi connectivity index (χ2n) is 7.67. The van der Waals surface area contributed by atoms with Crippen molar-refractivity contribution in [1.29, 1.82) is 0 Å². The number of nitrogens with zero attached hydrogens (tertiary/aromatic N) is 7. The number of hydrogen-bond acceptors (Lipinski definition) is 6. The molecule has 2 aliphatic carbocycles. The molecule has 1 spiro atoms. The summed E-state index contributed by atoms with van der Waals surface area (Å²) in [5, 5.41) is 16.1. The Morgan fingerprint density at radius 2 is 1.93 bits per heavy atom. The van der Waals surface area contributed by atoms with E-state index in [4.69, 9.17) is 23.2 Å². The topological polar surface area (TPSA) is 103 Å². The molecule has 4 aromatic rings. The van der Waals surface area contributed by atoms with Gasteiger partial charge in [-0.15, -0.1) is 4.80 Å². The largest absolute Gasteiger partial charge is 0.324 e. The molecule has 1 amide bonds. The summed E-state index contributed by atoms with van der Waals surface area (Å²) in [7, 11) is 0. The van der Waals surface area contributed by atoms with Gasteiger partial charge in [0.05, 0.1) is 40.9 Å². The van der Waals surface area contributed by atoms with Gasteiger partial charge in [0.15, 0.2) is 16.6 Å². The predicted molar refractivity (Wildman–Crippen MR) is 109 cm³/mol. The zero-order chi connectivity index (χ0) is 20.5. The molecule has 1 N–H and O–H groups in total. The molecule has 0 saturated heterocycles. The number of halogens is 2. The Kier molecular flexibility index (Phi) is 3.69. The standard InChI is InChI=1S/C19H14Cl2N8O/c20-13-5-10(8-23-17(13)29-24-3-4-25-29)26-18(30)11-7-19(1-2-19)16-12(11)9-22-15-6-14(21)27-28(15)16/h3-6,8-9,11H,1-2,7H2,(H,26,30)/t11-/m0/s1. The average molecular weight is 441 g/mol. The Morgan fingerprint density at radius 1 is 1.13 bits per heavy atom. The molecular weight excluding hydrogens is 427 g/mol. The summed E-state index contributed by atoms with van der Waals surface area (Å²) in [6.45, 7) is 0. The Hall–Kier alpha value is -3.04. The van der Waals surface area contributed by atoms with E-state index in [9.17, 15) is 4.79 Å². The molecule has 1 fully saturated rings. The minimum Gasteiger partial charge on any atom is -0.324 e. The van der Waals surface area contributed by atoms with E-state index in [1.54, 1.807) is 29.0 Å². The maximum atomic E-state index is 13.2. The zero-order valence-corrected chi connectivity index (χ0v) is 17.0. The van der Waals surface area contributed by atoms with Gasteiger partial charge in [0.2, 0.25) is 5.91 Å². The van der Waals surface area contributed by atoms with Gasteiger partial charge in [-0.1, -0.05) is 23.2 Å². The minimum absolute atomic E-state index is 0.0284. The van der Waals surface area contributed by atoms with Crippen LogP contribution in [0.2, 0.25) is 10.2 Å². The van der Waals surface area contributed by atoms with Crippen LogP contribution in [0.4, 0.5) is 5.69 Å². The lowest BCUT2D eigenvalue weighted by atomic mass is 9.99. The van der Waals surface area contributed by atoms with Crippen molar-refractivity contribution in [1.82, 2.24) is 34.6 Å². The molecular formula is C19H14Cl2N8O. The number of fused-ring (bicyclic) bond motifs is 4. The number of rotatable bonds is 3. The Labute approximate surface area is 180 Å². The molecule has 4 heterocycles. The lowest BCUT2D eigenvalue weighted by molar-refractivity contribution is -0.117. The molecule has 0 unspecified atom stereocenters. The quantitative estimate of drug-likeness (QED) is 0.524. The van der Waals surface area contributed by atoms with E-state index >= 15 is 0 Å². The molecule has 0 aromatic carbocycles. The summed E-state index contributed by atoms with van der Waals surface area (Å²) >= 11 is 12.4. The summed E-state index contributed by atoms with van der Waals surface area (Å²) in [6, 6.07) is 3.37. The SMILES string of the molecule is O=C(Nc1cnc(-n2nccn2)c(Cl)c1)[C@H]1CC2(CC2)c2c1cnc1cc(Cl)nn21. The van der Waals surface area contributed by atoms with Gasteiger partial charge < -0.3 is 5.32 Å². The summed E-state index contributed by atoms with van der Waals surface area (Å²) in [6.07, 6.45) is 9.17. The van der Waals surface area contributed by atoms with Gasteiger partial charge in [-0.25, -0.2) is 14.5 Å². The highest BCUT2D eigenvalue weighted by molar-refractivity contribution is 6.32. The number of pyridine rings is 1. The van der Waals surface area contributed by atoms with Crippen LogP contribution in [0.3, 0.4) is 0 Å². The maximum absolute atomic E-state index is 13.2. The first-order valence-electron chi connectivity index (χ1n) is 9.42. The summed E-state index contributed by atoms with van der Waals surface area (Å²) in [5.41, 5.74) is 3.13. The van der Waals surface area contributed by atoms with Gasteiger partial charge in [0.1, 0.15) is 0 Å². The van der Waals surface area contributed by atoms with Crippen LogP contribution in [0.15, 0.2) is 36.9 Å². The van der Waals surface area contributed by atoms with E-state index in [1.165, 1.54) is 17.2 Å². The molecule has 0 bridgehead atoms. The van der Waals surface area contributed by atoms with E-state index in [-0.39, 0.29) is 17.2 Å². The van der Waals surface area contributed by atoms with Crippen LogP contribution < -0.4 is 5.32 Å². The number of nitrogens with one attached hydrogen (secondary N) is 1. The molecule has 2 aliphatic rings. The first-order chi connectivity index (χ1) is 14.5. The fraction of sp³-hybridized carbons (Fsp3) is 0.263. The van der Waals surface area contributed by atoms with E-state index in [2.05, 4.69) is 30.6 Å². The highest BCUT2D eigenvalue weighted by Crippen LogP contribution is 2.60. The van der Waals surface area contributed by atoms with Crippen LogP contribution in [0.1, 0.15) is 36.4 Å². The number of aromatic nitrogens is 7.